The van der Waals surface area contributed by atoms with Gasteiger partial charge in [0.05, 0.1) is 0 Å². The standard InChI is InChI=1S/C18H13FN6O/c19-14-6-7-16(21-11-13(10-20)18-22-24-25-23-18)15(9-14)17(26)8-12-4-2-1-3-5-12/h1-7,9,11,21H,8H2,(H,22,23,24,25). The largest absolute Gasteiger partial charge is 0.360 e. The minimum absolute atomic E-state index is 0.110. The number of aromatic nitrogens is 4. The van der Waals surface area contributed by atoms with Crippen molar-refractivity contribution in [2.24, 2.45) is 0 Å². The molecular weight excluding hydrogens is 335 g/mol. The monoisotopic (exact) mass is 348 g/mol. The third-order valence-electron chi connectivity index (χ3n) is 3.57. The number of halogens is 1. The smallest absolute Gasteiger partial charge is 0.216 e. The molecule has 0 radical (unpaired) electrons. The maximum atomic E-state index is 13.7. The highest BCUT2D eigenvalue weighted by atomic mass is 19.1. The van der Waals surface area contributed by atoms with Gasteiger partial charge in [0.2, 0.25) is 5.82 Å². The zero-order valence-corrected chi connectivity index (χ0v) is 13.5. The van der Waals surface area contributed by atoms with Gasteiger partial charge in [-0.25, -0.2) is 4.39 Å². The van der Waals surface area contributed by atoms with Gasteiger partial charge in [0.15, 0.2) is 5.78 Å². The van der Waals surface area contributed by atoms with Gasteiger partial charge in [-0.2, -0.15) is 10.5 Å². The molecule has 0 aliphatic rings. The van der Waals surface area contributed by atoms with Crippen molar-refractivity contribution in [1.82, 2.24) is 20.6 Å². The molecule has 0 saturated carbocycles. The van der Waals surface area contributed by atoms with Crippen LogP contribution in [0.1, 0.15) is 21.7 Å². The van der Waals surface area contributed by atoms with Gasteiger partial charge >= 0.3 is 0 Å². The summed E-state index contributed by atoms with van der Waals surface area (Å²) in [5, 5.41) is 25.1. The van der Waals surface area contributed by atoms with Gasteiger partial charge in [-0.3, -0.25) is 4.79 Å². The van der Waals surface area contributed by atoms with Crippen LogP contribution in [-0.2, 0) is 6.42 Å². The molecule has 3 aromatic rings. The molecular formula is C18H13FN6O. The Morgan fingerprint density at radius 1 is 1.27 bits per heavy atom. The molecule has 128 valence electrons. The summed E-state index contributed by atoms with van der Waals surface area (Å²) < 4.78 is 13.7. The number of ketones is 1. The molecule has 0 atom stereocenters. The van der Waals surface area contributed by atoms with E-state index in [0.717, 1.165) is 5.56 Å². The Bertz CT molecular complexity index is 977. The summed E-state index contributed by atoms with van der Waals surface area (Å²) in [6.07, 6.45) is 1.48. The Morgan fingerprint density at radius 2 is 2.08 bits per heavy atom. The van der Waals surface area contributed by atoms with E-state index >= 15 is 0 Å². The first-order chi connectivity index (χ1) is 12.7. The van der Waals surface area contributed by atoms with Crippen LogP contribution in [0.5, 0.6) is 0 Å². The van der Waals surface area contributed by atoms with Crippen LogP contribution >= 0.6 is 0 Å². The van der Waals surface area contributed by atoms with E-state index in [1.54, 1.807) is 0 Å². The number of nitrogens with one attached hydrogen (secondary N) is 2. The van der Waals surface area contributed by atoms with Crippen LogP contribution in [-0.4, -0.2) is 26.4 Å². The van der Waals surface area contributed by atoms with Gasteiger partial charge in [-0.05, 0) is 29.0 Å². The molecule has 0 bridgehead atoms. The minimum Gasteiger partial charge on any atom is -0.360 e. The van der Waals surface area contributed by atoms with E-state index in [-0.39, 0.29) is 29.2 Å². The van der Waals surface area contributed by atoms with Crippen molar-refractivity contribution in [2.45, 2.75) is 6.42 Å². The third-order valence-corrected chi connectivity index (χ3v) is 3.57. The SMILES string of the molecule is N#CC(=CNc1ccc(F)cc1C(=O)Cc1ccccc1)c1nn[nH]n1. The molecule has 3 rings (SSSR count). The molecule has 0 aliphatic heterocycles. The van der Waals surface area contributed by atoms with E-state index in [4.69, 9.17) is 0 Å². The van der Waals surface area contributed by atoms with Crippen LogP contribution in [0.25, 0.3) is 5.57 Å². The van der Waals surface area contributed by atoms with Crippen molar-refractivity contribution in [3.63, 3.8) is 0 Å². The molecule has 0 unspecified atom stereocenters. The van der Waals surface area contributed by atoms with Gasteiger partial charge < -0.3 is 5.32 Å². The van der Waals surface area contributed by atoms with Crippen LogP contribution in [0.15, 0.2) is 54.7 Å². The van der Waals surface area contributed by atoms with Gasteiger partial charge in [-0.1, -0.05) is 30.3 Å². The van der Waals surface area contributed by atoms with Crippen molar-refractivity contribution in [3.8, 4) is 6.07 Å². The molecule has 0 aliphatic carbocycles. The number of hydrogen-bond donors (Lipinski definition) is 2. The quantitative estimate of drug-likeness (QED) is 0.524. The highest BCUT2D eigenvalue weighted by Crippen LogP contribution is 2.20. The molecule has 0 spiro atoms. The van der Waals surface area contributed by atoms with E-state index in [1.807, 2.05) is 36.4 Å². The number of carbonyl (C=O) groups excluding carboxylic acids is 1. The number of nitrogens with zero attached hydrogens (tertiary/aromatic N) is 4. The topological polar surface area (TPSA) is 107 Å². The number of aromatic amines is 1. The van der Waals surface area contributed by atoms with E-state index in [1.165, 1.54) is 24.4 Å². The number of benzene rings is 2. The minimum atomic E-state index is -0.519. The van der Waals surface area contributed by atoms with Crippen molar-refractivity contribution in [1.29, 1.82) is 5.26 Å². The van der Waals surface area contributed by atoms with Gasteiger partial charge in [-0.15, -0.1) is 10.2 Å². The Morgan fingerprint density at radius 3 is 2.77 bits per heavy atom. The van der Waals surface area contributed by atoms with Gasteiger partial charge in [0.1, 0.15) is 17.5 Å². The first-order valence-corrected chi connectivity index (χ1v) is 7.64. The van der Waals surface area contributed by atoms with E-state index in [2.05, 4.69) is 25.9 Å². The Kier molecular flexibility index (Phi) is 5.10. The Balaban J connectivity index is 1.86. The van der Waals surface area contributed by atoms with Gasteiger partial charge in [0, 0.05) is 23.9 Å². The second kappa shape index (κ2) is 7.81. The second-order valence-corrected chi connectivity index (χ2v) is 5.33. The molecule has 0 saturated heterocycles. The predicted octanol–water partition coefficient (Wildman–Crippen LogP) is 2.74. The normalized spacial score (nSPS) is 11.0. The Hall–Kier alpha value is -3.86. The van der Waals surface area contributed by atoms with Crippen molar-refractivity contribution in [3.05, 3.63) is 77.5 Å². The molecule has 0 amide bonds. The number of carbonyl (C=O) groups is 1. The average Bonchev–Trinajstić information content (AvgIpc) is 3.18. The molecule has 26 heavy (non-hydrogen) atoms. The molecule has 1 heterocycles. The lowest BCUT2D eigenvalue weighted by Gasteiger charge is -2.09. The zero-order chi connectivity index (χ0) is 18.4. The number of H-pyrrole nitrogens is 1. The van der Waals surface area contributed by atoms with E-state index < -0.39 is 5.82 Å². The van der Waals surface area contributed by atoms with Crippen molar-refractivity contribution >= 4 is 17.0 Å². The van der Waals surface area contributed by atoms with Crippen LogP contribution in [0.4, 0.5) is 10.1 Å². The lowest BCUT2D eigenvalue weighted by molar-refractivity contribution is 0.0993. The fourth-order valence-corrected chi connectivity index (χ4v) is 2.32. The summed E-state index contributed by atoms with van der Waals surface area (Å²) >= 11 is 0. The number of rotatable bonds is 6. The predicted molar refractivity (Wildman–Crippen MR) is 92.3 cm³/mol. The average molecular weight is 348 g/mol. The number of tetrazole rings is 1. The molecule has 8 heteroatoms. The van der Waals surface area contributed by atoms with Crippen LogP contribution < -0.4 is 5.32 Å². The second-order valence-electron chi connectivity index (χ2n) is 5.33. The maximum Gasteiger partial charge on any atom is 0.216 e. The van der Waals surface area contributed by atoms with Crippen molar-refractivity contribution in [2.75, 3.05) is 5.32 Å². The molecule has 2 N–H and O–H groups in total. The van der Waals surface area contributed by atoms with E-state index in [9.17, 15) is 14.4 Å². The molecule has 2 aromatic carbocycles. The molecule has 7 nitrogen and oxygen atoms in total. The number of anilines is 1. The molecule has 0 fully saturated rings. The van der Waals surface area contributed by atoms with Crippen LogP contribution in [0, 0.1) is 17.1 Å². The fraction of sp³-hybridized carbons (Fsp3) is 0.0556. The lowest BCUT2D eigenvalue weighted by Crippen LogP contribution is -2.08. The zero-order valence-electron chi connectivity index (χ0n) is 13.5. The van der Waals surface area contributed by atoms with Crippen LogP contribution in [0.3, 0.4) is 0 Å². The number of allylic oxidation sites excluding steroid dienone is 1. The van der Waals surface area contributed by atoms with Crippen molar-refractivity contribution < 1.29 is 9.18 Å². The summed E-state index contributed by atoms with van der Waals surface area (Å²) in [6, 6.07) is 14.9. The fourth-order valence-electron chi connectivity index (χ4n) is 2.32. The summed E-state index contributed by atoms with van der Waals surface area (Å²) in [6.45, 7) is 0. The molecule has 1 aromatic heterocycles. The highest BCUT2D eigenvalue weighted by Gasteiger charge is 2.14. The number of nitriles is 1. The summed E-state index contributed by atoms with van der Waals surface area (Å²) in [4.78, 5) is 12.6. The lowest BCUT2D eigenvalue weighted by atomic mass is 10.0. The summed E-state index contributed by atoms with van der Waals surface area (Å²) in [7, 11) is 0. The van der Waals surface area contributed by atoms with Gasteiger partial charge in [0.25, 0.3) is 0 Å². The number of Topliss-reactive ketones (excluding diaryl/α,β-unsaturated/α-hetero) is 1. The number of hydrogen-bond acceptors (Lipinski definition) is 6. The summed E-state index contributed by atoms with van der Waals surface area (Å²) in [5.74, 6) is -0.654. The van der Waals surface area contributed by atoms with Crippen LogP contribution in [0.2, 0.25) is 0 Å². The maximum absolute atomic E-state index is 13.7. The first kappa shape index (κ1) is 17.0. The Labute approximate surface area is 148 Å². The highest BCUT2D eigenvalue weighted by molar-refractivity contribution is 6.02. The first-order valence-electron chi connectivity index (χ1n) is 7.64. The van der Waals surface area contributed by atoms with E-state index in [0.29, 0.717) is 5.69 Å². The summed E-state index contributed by atoms with van der Waals surface area (Å²) in [5.41, 5.74) is 1.51. The third kappa shape index (κ3) is 3.96.